The third-order valence-corrected chi connectivity index (χ3v) is 4.50. The van der Waals surface area contributed by atoms with Gasteiger partial charge in [-0.25, -0.2) is 4.68 Å². The normalized spacial score (nSPS) is 11.7. The van der Waals surface area contributed by atoms with Gasteiger partial charge in [0.2, 0.25) is 0 Å². The fourth-order valence-electron chi connectivity index (χ4n) is 2.24. The fourth-order valence-corrected chi connectivity index (χ4v) is 3.07. The van der Waals surface area contributed by atoms with Crippen LogP contribution < -0.4 is 5.56 Å². The Kier molecular flexibility index (Phi) is 4.28. The summed E-state index contributed by atoms with van der Waals surface area (Å²) < 4.78 is 39.0. The minimum absolute atomic E-state index is 0.120. The van der Waals surface area contributed by atoms with Gasteiger partial charge in [0, 0.05) is 10.9 Å². The lowest BCUT2D eigenvalue weighted by Gasteiger charge is -2.09. The molecule has 0 saturated carbocycles. The zero-order chi connectivity index (χ0) is 17.3. The molecule has 0 spiro atoms. The van der Waals surface area contributed by atoms with Crippen LogP contribution in [0.5, 0.6) is 0 Å². The zero-order valence-electron chi connectivity index (χ0n) is 12.7. The van der Waals surface area contributed by atoms with Crippen molar-refractivity contribution in [2.45, 2.75) is 19.6 Å². The van der Waals surface area contributed by atoms with Crippen molar-refractivity contribution in [2.24, 2.45) is 0 Å². The second-order valence-corrected chi connectivity index (χ2v) is 6.61. The second-order valence-electron chi connectivity index (χ2n) is 5.32. The zero-order valence-corrected chi connectivity index (χ0v) is 13.5. The lowest BCUT2D eigenvalue weighted by atomic mass is 10.1. The van der Waals surface area contributed by atoms with Crippen molar-refractivity contribution in [2.75, 3.05) is 0 Å². The summed E-state index contributed by atoms with van der Waals surface area (Å²) in [6.45, 7) is 2.10. The number of halogens is 3. The van der Waals surface area contributed by atoms with E-state index in [2.05, 4.69) is 5.10 Å². The predicted octanol–water partition coefficient (Wildman–Crippen LogP) is 4.35. The van der Waals surface area contributed by atoms with Crippen LogP contribution in [0, 0.1) is 6.92 Å². The number of alkyl halides is 3. The van der Waals surface area contributed by atoms with Crippen LogP contribution in [0.1, 0.15) is 16.0 Å². The highest BCUT2D eigenvalue weighted by Crippen LogP contribution is 2.29. The molecule has 3 rings (SSSR count). The summed E-state index contributed by atoms with van der Waals surface area (Å²) in [7, 11) is 0. The highest BCUT2D eigenvalue weighted by molar-refractivity contribution is 7.15. The monoisotopic (exact) mass is 350 g/mol. The molecular weight excluding hydrogens is 337 g/mol. The van der Waals surface area contributed by atoms with Crippen molar-refractivity contribution in [3.63, 3.8) is 0 Å². The molecule has 7 heteroatoms. The van der Waals surface area contributed by atoms with E-state index in [1.54, 1.807) is 17.4 Å². The van der Waals surface area contributed by atoms with Gasteiger partial charge in [0.15, 0.2) is 0 Å². The number of thiophene rings is 1. The predicted molar refractivity (Wildman–Crippen MR) is 87.1 cm³/mol. The van der Waals surface area contributed by atoms with Crippen molar-refractivity contribution in [1.29, 1.82) is 0 Å². The van der Waals surface area contributed by atoms with E-state index in [9.17, 15) is 18.0 Å². The van der Waals surface area contributed by atoms with Crippen LogP contribution in [-0.2, 0) is 12.7 Å². The highest BCUT2D eigenvalue weighted by Gasteiger charge is 2.29. The molecule has 1 aromatic carbocycles. The summed E-state index contributed by atoms with van der Waals surface area (Å²) in [5, 5.41) is 4.31. The molecule has 24 heavy (non-hydrogen) atoms. The molecule has 0 amide bonds. The molecule has 0 aliphatic heterocycles. The van der Waals surface area contributed by atoms with Gasteiger partial charge in [-0.15, -0.1) is 11.3 Å². The van der Waals surface area contributed by atoms with Crippen molar-refractivity contribution < 1.29 is 13.2 Å². The average molecular weight is 350 g/mol. The van der Waals surface area contributed by atoms with E-state index in [0.717, 1.165) is 21.9 Å². The van der Waals surface area contributed by atoms with Gasteiger partial charge in [-0.1, -0.05) is 12.1 Å². The van der Waals surface area contributed by atoms with Gasteiger partial charge >= 0.3 is 6.18 Å². The number of hydrogen-bond acceptors (Lipinski definition) is 3. The smallest absolute Gasteiger partial charge is 0.268 e. The molecule has 3 nitrogen and oxygen atoms in total. The summed E-state index contributed by atoms with van der Waals surface area (Å²) in [4.78, 5) is 14.0. The van der Waals surface area contributed by atoms with Crippen LogP contribution in [0.15, 0.2) is 53.3 Å². The quantitative estimate of drug-likeness (QED) is 0.704. The van der Waals surface area contributed by atoms with E-state index in [-0.39, 0.29) is 12.1 Å². The topological polar surface area (TPSA) is 34.9 Å². The first kappa shape index (κ1) is 16.4. The number of aromatic nitrogens is 2. The highest BCUT2D eigenvalue weighted by atomic mass is 32.1. The van der Waals surface area contributed by atoms with E-state index in [1.807, 2.05) is 19.1 Å². The minimum Gasteiger partial charge on any atom is -0.268 e. The van der Waals surface area contributed by atoms with Gasteiger partial charge in [0.05, 0.1) is 17.0 Å². The van der Waals surface area contributed by atoms with Gasteiger partial charge in [-0.2, -0.15) is 18.3 Å². The second kappa shape index (κ2) is 6.24. The molecule has 3 aromatic rings. The molecule has 124 valence electrons. The Morgan fingerprint density at radius 3 is 2.33 bits per heavy atom. The molecule has 0 saturated heterocycles. The molecule has 0 N–H and O–H groups in total. The Hall–Kier alpha value is -2.41. The fraction of sp³-hybridized carbons (Fsp3) is 0.176. The van der Waals surface area contributed by atoms with Crippen LogP contribution in [0.3, 0.4) is 0 Å². The third-order valence-electron chi connectivity index (χ3n) is 3.47. The number of nitrogens with zero attached hydrogens (tertiary/aromatic N) is 2. The molecular formula is C17H13F3N2OS. The summed E-state index contributed by atoms with van der Waals surface area (Å²) in [5.74, 6) is 0. The number of hydrogen-bond donors (Lipinski definition) is 0. The number of rotatable bonds is 3. The van der Waals surface area contributed by atoms with Crippen molar-refractivity contribution in [1.82, 2.24) is 9.78 Å². The minimum atomic E-state index is -4.37. The van der Waals surface area contributed by atoms with Gasteiger partial charge in [-0.05, 0) is 42.8 Å². The van der Waals surface area contributed by atoms with Crippen molar-refractivity contribution >= 4 is 11.3 Å². The van der Waals surface area contributed by atoms with Crippen LogP contribution in [0.25, 0.3) is 10.6 Å². The summed E-state index contributed by atoms with van der Waals surface area (Å²) in [5.41, 5.74) is 0.234. The van der Waals surface area contributed by atoms with Crippen LogP contribution in [0.4, 0.5) is 13.2 Å². The first-order valence-corrected chi connectivity index (χ1v) is 7.96. The molecule has 2 aromatic heterocycles. The summed E-state index contributed by atoms with van der Waals surface area (Å²) in [6, 6.07) is 11.7. The van der Waals surface area contributed by atoms with Gasteiger partial charge in [0.1, 0.15) is 5.69 Å². The van der Waals surface area contributed by atoms with Crippen molar-refractivity contribution in [3.05, 3.63) is 74.9 Å². The molecule has 2 heterocycles. The van der Waals surface area contributed by atoms with Crippen LogP contribution in [-0.4, -0.2) is 9.78 Å². The standard InChI is InChI=1S/C17H13F3N2OS/c1-11-2-8-15(24-11)14-7-9-16(23)22(21-14)10-12-3-5-13(6-4-12)17(18,19)20/h2-9H,10H2,1H3. The van der Waals surface area contributed by atoms with Crippen LogP contribution >= 0.6 is 11.3 Å². The Morgan fingerprint density at radius 2 is 1.75 bits per heavy atom. The Labute approximate surface area is 140 Å². The molecule has 0 bridgehead atoms. The van der Waals surface area contributed by atoms with Crippen molar-refractivity contribution in [3.8, 4) is 10.6 Å². The Morgan fingerprint density at radius 1 is 1.04 bits per heavy atom. The summed E-state index contributed by atoms with van der Waals surface area (Å²) >= 11 is 1.56. The van der Waals surface area contributed by atoms with E-state index in [4.69, 9.17) is 0 Å². The van der Waals surface area contributed by atoms with E-state index in [1.165, 1.54) is 22.9 Å². The van der Waals surface area contributed by atoms with E-state index in [0.29, 0.717) is 11.3 Å². The molecule has 0 atom stereocenters. The molecule has 0 aliphatic carbocycles. The maximum atomic E-state index is 12.6. The number of benzene rings is 1. The van der Waals surface area contributed by atoms with Crippen LogP contribution in [0.2, 0.25) is 0 Å². The average Bonchev–Trinajstić information content (AvgIpc) is 2.96. The van der Waals surface area contributed by atoms with Gasteiger partial charge in [0.25, 0.3) is 5.56 Å². The first-order valence-electron chi connectivity index (χ1n) is 7.14. The lowest BCUT2D eigenvalue weighted by molar-refractivity contribution is -0.137. The third kappa shape index (κ3) is 3.56. The molecule has 0 aliphatic rings. The molecule has 0 unspecified atom stereocenters. The van der Waals surface area contributed by atoms with E-state index >= 15 is 0 Å². The molecule has 0 radical (unpaired) electrons. The van der Waals surface area contributed by atoms with Gasteiger partial charge < -0.3 is 0 Å². The van der Waals surface area contributed by atoms with E-state index < -0.39 is 11.7 Å². The number of aryl methyl sites for hydroxylation is 1. The molecule has 0 fully saturated rings. The van der Waals surface area contributed by atoms with Gasteiger partial charge in [-0.3, -0.25) is 4.79 Å². The Balaban J connectivity index is 1.88. The summed E-state index contributed by atoms with van der Waals surface area (Å²) in [6.07, 6.45) is -4.37. The maximum Gasteiger partial charge on any atom is 0.416 e. The maximum absolute atomic E-state index is 12.6. The first-order chi connectivity index (χ1) is 11.3. The lowest BCUT2D eigenvalue weighted by Crippen LogP contribution is -2.22. The largest absolute Gasteiger partial charge is 0.416 e. The SMILES string of the molecule is Cc1ccc(-c2ccc(=O)n(Cc3ccc(C(F)(F)F)cc3)n2)s1. The Bertz CT molecular complexity index is 911.